The van der Waals surface area contributed by atoms with Crippen LogP contribution < -0.4 is 5.32 Å². The lowest BCUT2D eigenvalue weighted by atomic mass is 9.99. The molecule has 0 aliphatic carbocycles. The molecule has 0 spiro atoms. The van der Waals surface area contributed by atoms with Crippen molar-refractivity contribution in [2.75, 3.05) is 6.54 Å². The Morgan fingerprint density at radius 3 is 2.45 bits per heavy atom. The lowest BCUT2D eigenvalue weighted by molar-refractivity contribution is -0.142. The second kappa shape index (κ2) is 9.37. The molecule has 1 aliphatic rings. The third-order valence-corrected chi connectivity index (χ3v) is 5.30. The van der Waals surface area contributed by atoms with Crippen molar-refractivity contribution < 1.29 is 19.5 Å². The summed E-state index contributed by atoms with van der Waals surface area (Å²) < 4.78 is 0. The maximum Gasteiger partial charge on any atom is 0.308 e. The first kappa shape index (κ1) is 20.6. The van der Waals surface area contributed by atoms with Crippen LogP contribution in [0.4, 0.5) is 0 Å². The van der Waals surface area contributed by atoms with Gasteiger partial charge in [-0.25, -0.2) is 0 Å². The van der Waals surface area contributed by atoms with E-state index in [1.165, 1.54) is 0 Å². The topological polar surface area (TPSA) is 86.7 Å². The first-order chi connectivity index (χ1) is 13.9. The molecule has 1 fully saturated rings. The molecular formula is C23H26N2O4. The monoisotopic (exact) mass is 394 g/mol. The van der Waals surface area contributed by atoms with Gasteiger partial charge in [0.2, 0.25) is 11.8 Å². The Morgan fingerprint density at radius 1 is 1.10 bits per heavy atom. The molecule has 2 aromatic carbocycles. The third kappa shape index (κ3) is 5.44. The minimum atomic E-state index is -0.951. The first-order valence-corrected chi connectivity index (χ1v) is 9.83. The Morgan fingerprint density at radius 2 is 1.79 bits per heavy atom. The van der Waals surface area contributed by atoms with Crippen molar-refractivity contribution in [3.63, 3.8) is 0 Å². The quantitative estimate of drug-likeness (QED) is 0.720. The number of amides is 2. The van der Waals surface area contributed by atoms with Crippen molar-refractivity contribution >= 4 is 17.8 Å². The van der Waals surface area contributed by atoms with Gasteiger partial charge in [0.1, 0.15) is 6.04 Å². The highest BCUT2D eigenvalue weighted by atomic mass is 16.4. The number of nitrogens with one attached hydrogen (secondary N) is 1. The standard InChI is InChI=1S/C23H26N2O4/c1-16-7-9-18(10-8-16)15-25-20(11-12-21(25)26)22(27)24-14-19(23(28)29)13-17-5-3-2-4-6-17/h2-10,19-20H,11-15H2,1H3,(H,24,27)(H,28,29)/t19-,20-/m0/s1. The second-order valence-corrected chi connectivity index (χ2v) is 7.53. The van der Waals surface area contributed by atoms with E-state index in [0.717, 1.165) is 16.7 Å². The summed E-state index contributed by atoms with van der Waals surface area (Å²) in [6.07, 6.45) is 1.12. The lowest BCUT2D eigenvalue weighted by Gasteiger charge is -2.25. The Balaban J connectivity index is 1.61. The maximum atomic E-state index is 12.7. The van der Waals surface area contributed by atoms with Crippen molar-refractivity contribution in [1.82, 2.24) is 10.2 Å². The zero-order valence-electron chi connectivity index (χ0n) is 16.5. The van der Waals surface area contributed by atoms with Crippen molar-refractivity contribution in [3.8, 4) is 0 Å². The van der Waals surface area contributed by atoms with E-state index >= 15 is 0 Å². The van der Waals surface area contributed by atoms with Gasteiger partial charge >= 0.3 is 5.97 Å². The second-order valence-electron chi connectivity index (χ2n) is 7.53. The molecule has 1 saturated heterocycles. The van der Waals surface area contributed by atoms with Gasteiger partial charge in [0, 0.05) is 19.5 Å². The van der Waals surface area contributed by atoms with Gasteiger partial charge in [-0.3, -0.25) is 14.4 Å². The van der Waals surface area contributed by atoms with Gasteiger partial charge in [-0.1, -0.05) is 60.2 Å². The minimum Gasteiger partial charge on any atom is -0.481 e. The molecule has 1 aliphatic heterocycles. The van der Waals surface area contributed by atoms with E-state index in [1.54, 1.807) is 4.90 Å². The molecule has 6 heteroatoms. The molecule has 2 atom stereocenters. The molecule has 2 aromatic rings. The normalized spacial score (nSPS) is 17.2. The number of carboxylic acid groups (broad SMARTS) is 1. The number of aryl methyl sites for hydroxylation is 1. The molecule has 1 heterocycles. The summed E-state index contributed by atoms with van der Waals surface area (Å²) in [6, 6.07) is 16.6. The number of hydrogen-bond donors (Lipinski definition) is 2. The molecule has 6 nitrogen and oxygen atoms in total. The number of hydrogen-bond acceptors (Lipinski definition) is 3. The van der Waals surface area contributed by atoms with Crippen LogP contribution in [0.5, 0.6) is 0 Å². The molecule has 0 aromatic heterocycles. The van der Waals surface area contributed by atoms with Gasteiger partial charge in [-0.15, -0.1) is 0 Å². The third-order valence-electron chi connectivity index (χ3n) is 5.30. The van der Waals surface area contributed by atoms with Crippen molar-refractivity contribution in [3.05, 3.63) is 71.3 Å². The van der Waals surface area contributed by atoms with Crippen LogP contribution in [0, 0.1) is 12.8 Å². The number of carbonyl (C=O) groups is 3. The Hall–Kier alpha value is -3.15. The van der Waals surface area contributed by atoms with E-state index < -0.39 is 17.9 Å². The highest BCUT2D eigenvalue weighted by Gasteiger charge is 2.36. The summed E-state index contributed by atoms with van der Waals surface area (Å²) in [5.41, 5.74) is 3.01. The fourth-order valence-electron chi connectivity index (χ4n) is 3.58. The van der Waals surface area contributed by atoms with Crippen LogP contribution in [0.25, 0.3) is 0 Å². The van der Waals surface area contributed by atoms with Crippen molar-refractivity contribution in [2.24, 2.45) is 5.92 Å². The summed E-state index contributed by atoms with van der Waals surface area (Å²) in [4.78, 5) is 38.2. The number of nitrogens with zero attached hydrogens (tertiary/aromatic N) is 1. The molecule has 29 heavy (non-hydrogen) atoms. The number of benzene rings is 2. The number of rotatable bonds is 8. The summed E-state index contributed by atoms with van der Waals surface area (Å²) >= 11 is 0. The van der Waals surface area contributed by atoms with Gasteiger partial charge in [-0.2, -0.15) is 0 Å². The molecular weight excluding hydrogens is 368 g/mol. The van der Waals surface area contributed by atoms with Gasteiger partial charge in [-0.05, 0) is 30.9 Å². The van der Waals surface area contributed by atoms with Crippen LogP contribution in [0.3, 0.4) is 0 Å². The molecule has 0 radical (unpaired) electrons. The molecule has 0 bridgehead atoms. The van der Waals surface area contributed by atoms with Crippen molar-refractivity contribution in [1.29, 1.82) is 0 Å². The van der Waals surface area contributed by atoms with Crippen LogP contribution in [0.2, 0.25) is 0 Å². The van der Waals surface area contributed by atoms with Crippen LogP contribution in [-0.2, 0) is 27.3 Å². The fourth-order valence-corrected chi connectivity index (χ4v) is 3.58. The van der Waals surface area contributed by atoms with E-state index in [9.17, 15) is 19.5 Å². The zero-order chi connectivity index (χ0) is 20.8. The van der Waals surface area contributed by atoms with Crippen molar-refractivity contribution in [2.45, 2.75) is 38.8 Å². The van der Waals surface area contributed by atoms with E-state index in [4.69, 9.17) is 0 Å². The highest BCUT2D eigenvalue weighted by molar-refractivity contribution is 5.91. The minimum absolute atomic E-state index is 0.0339. The molecule has 0 saturated carbocycles. The number of aliphatic carboxylic acids is 1. The smallest absolute Gasteiger partial charge is 0.308 e. The predicted molar refractivity (Wildman–Crippen MR) is 109 cm³/mol. The molecule has 0 unspecified atom stereocenters. The highest BCUT2D eigenvalue weighted by Crippen LogP contribution is 2.22. The number of likely N-dealkylation sites (tertiary alicyclic amines) is 1. The Kier molecular flexibility index (Phi) is 6.65. The fraction of sp³-hybridized carbons (Fsp3) is 0.348. The predicted octanol–water partition coefficient (Wildman–Crippen LogP) is 2.55. The van der Waals surface area contributed by atoms with Gasteiger partial charge < -0.3 is 15.3 Å². The van der Waals surface area contributed by atoms with E-state index in [0.29, 0.717) is 25.8 Å². The zero-order valence-corrected chi connectivity index (χ0v) is 16.5. The summed E-state index contributed by atoms with van der Waals surface area (Å²) in [7, 11) is 0. The average Bonchev–Trinajstić information content (AvgIpc) is 3.07. The van der Waals surface area contributed by atoms with Gasteiger partial charge in [0.25, 0.3) is 0 Å². The van der Waals surface area contributed by atoms with Crippen LogP contribution in [0.1, 0.15) is 29.5 Å². The van der Waals surface area contributed by atoms with E-state index in [2.05, 4.69) is 5.32 Å². The number of carboxylic acids is 1. The van der Waals surface area contributed by atoms with E-state index in [-0.39, 0.29) is 18.4 Å². The summed E-state index contributed by atoms with van der Waals surface area (Å²) in [5, 5.41) is 12.3. The largest absolute Gasteiger partial charge is 0.481 e. The van der Waals surface area contributed by atoms with Gasteiger partial charge in [0.05, 0.1) is 5.92 Å². The van der Waals surface area contributed by atoms with Crippen LogP contribution >= 0.6 is 0 Å². The van der Waals surface area contributed by atoms with Crippen LogP contribution in [-0.4, -0.2) is 40.4 Å². The number of carbonyl (C=O) groups excluding carboxylic acids is 2. The maximum absolute atomic E-state index is 12.7. The molecule has 2 N–H and O–H groups in total. The molecule has 152 valence electrons. The van der Waals surface area contributed by atoms with E-state index in [1.807, 2.05) is 61.5 Å². The van der Waals surface area contributed by atoms with Gasteiger partial charge in [0.15, 0.2) is 0 Å². The molecule has 2 amide bonds. The first-order valence-electron chi connectivity index (χ1n) is 9.83. The molecule has 3 rings (SSSR count). The summed E-state index contributed by atoms with van der Waals surface area (Å²) in [6.45, 7) is 2.41. The Labute approximate surface area is 170 Å². The SMILES string of the molecule is Cc1ccc(CN2C(=O)CC[C@H]2C(=O)NC[C@H](Cc2ccccc2)C(=O)O)cc1. The Bertz CT molecular complexity index is 864. The lowest BCUT2D eigenvalue weighted by Crippen LogP contribution is -2.46. The van der Waals surface area contributed by atoms with Crippen LogP contribution in [0.15, 0.2) is 54.6 Å². The summed E-state index contributed by atoms with van der Waals surface area (Å²) in [5.74, 6) is -2.01. The average molecular weight is 394 g/mol.